The zero-order valence-corrected chi connectivity index (χ0v) is 13.0. The number of thiazole rings is 1. The van der Waals surface area contributed by atoms with Crippen molar-refractivity contribution in [1.29, 1.82) is 0 Å². The van der Waals surface area contributed by atoms with Crippen LogP contribution in [0.5, 0.6) is 0 Å². The monoisotopic (exact) mass is 279 g/mol. The molecule has 3 rings (SSSR count). The first-order chi connectivity index (χ1) is 9.19. The van der Waals surface area contributed by atoms with Crippen molar-refractivity contribution in [2.24, 2.45) is 11.8 Å². The van der Waals surface area contributed by atoms with E-state index in [0.717, 1.165) is 24.4 Å². The van der Waals surface area contributed by atoms with Gasteiger partial charge in [0.1, 0.15) is 0 Å². The highest BCUT2D eigenvalue weighted by Gasteiger charge is 2.43. The molecule has 0 aromatic carbocycles. The van der Waals surface area contributed by atoms with Gasteiger partial charge in [-0.2, -0.15) is 0 Å². The minimum Gasteiger partial charge on any atom is -0.316 e. The lowest BCUT2D eigenvalue weighted by molar-refractivity contribution is 0.208. The third-order valence-corrected chi connectivity index (χ3v) is 5.87. The van der Waals surface area contributed by atoms with Crippen LogP contribution < -0.4 is 5.32 Å². The maximum absolute atomic E-state index is 4.80. The lowest BCUT2D eigenvalue weighted by Crippen LogP contribution is -2.34. The first kappa shape index (κ1) is 13.5. The molecule has 0 radical (unpaired) electrons. The summed E-state index contributed by atoms with van der Waals surface area (Å²) in [7, 11) is 0. The smallest absolute Gasteiger partial charge is 0.0954 e. The molecule has 19 heavy (non-hydrogen) atoms. The van der Waals surface area contributed by atoms with Gasteiger partial charge in [-0.15, -0.1) is 11.3 Å². The lowest BCUT2D eigenvalue weighted by atomic mass is 9.93. The Bertz CT molecular complexity index is 429. The Hall–Kier alpha value is -0.450. The van der Waals surface area contributed by atoms with Gasteiger partial charge in [0, 0.05) is 30.4 Å². The minimum absolute atomic E-state index is 0.558. The van der Waals surface area contributed by atoms with Gasteiger partial charge in [0.25, 0.3) is 0 Å². The van der Waals surface area contributed by atoms with Crippen molar-refractivity contribution >= 4 is 11.3 Å². The van der Waals surface area contributed by atoms with E-state index >= 15 is 0 Å². The Labute approximate surface area is 120 Å². The van der Waals surface area contributed by atoms with Crippen LogP contribution in [0.15, 0.2) is 5.38 Å². The van der Waals surface area contributed by atoms with Gasteiger partial charge >= 0.3 is 0 Å². The van der Waals surface area contributed by atoms with Gasteiger partial charge in [0.05, 0.1) is 10.7 Å². The number of rotatable bonds is 4. The van der Waals surface area contributed by atoms with Gasteiger partial charge < -0.3 is 5.32 Å². The summed E-state index contributed by atoms with van der Waals surface area (Å²) in [5.41, 5.74) is 1.28. The van der Waals surface area contributed by atoms with Crippen molar-refractivity contribution < 1.29 is 0 Å². The fraction of sp³-hybridized carbons (Fsp3) is 0.800. The van der Waals surface area contributed by atoms with Crippen LogP contribution in [0.2, 0.25) is 0 Å². The molecule has 2 fully saturated rings. The van der Waals surface area contributed by atoms with Gasteiger partial charge in [-0.05, 0) is 31.3 Å². The summed E-state index contributed by atoms with van der Waals surface area (Å²) in [6.07, 6.45) is 1.27. The SMILES string of the molecule is CCC1C2CNCC2CN1Cc1csc(C(C)C)n1. The van der Waals surface area contributed by atoms with E-state index in [4.69, 9.17) is 4.98 Å². The normalized spacial score (nSPS) is 31.3. The number of nitrogens with one attached hydrogen (secondary N) is 1. The van der Waals surface area contributed by atoms with Gasteiger partial charge in [-0.25, -0.2) is 4.98 Å². The molecule has 3 unspecified atom stereocenters. The van der Waals surface area contributed by atoms with Crippen molar-refractivity contribution in [2.75, 3.05) is 19.6 Å². The van der Waals surface area contributed by atoms with E-state index in [1.807, 2.05) is 11.3 Å². The summed E-state index contributed by atoms with van der Waals surface area (Å²) in [6.45, 7) is 11.5. The van der Waals surface area contributed by atoms with Crippen molar-refractivity contribution in [1.82, 2.24) is 15.2 Å². The molecule has 0 aliphatic carbocycles. The van der Waals surface area contributed by atoms with E-state index in [1.165, 1.54) is 36.8 Å². The molecular formula is C15H25N3S. The molecule has 3 atom stereocenters. The number of hydrogen-bond acceptors (Lipinski definition) is 4. The Morgan fingerprint density at radius 3 is 3.00 bits per heavy atom. The largest absolute Gasteiger partial charge is 0.316 e. The molecule has 3 nitrogen and oxygen atoms in total. The third-order valence-electron chi connectivity index (χ3n) is 4.67. The number of aromatic nitrogens is 1. The molecule has 1 N–H and O–H groups in total. The number of likely N-dealkylation sites (tertiary alicyclic amines) is 1. The molecule has 106 valence electrons. The summed E-state index contributed by atoms with van der Waals surface area (Å²) in [5.74, 6) is 2.30. The Morgan fingerprint density at radius 2 is 2.32 bits per heavy atom. The van der Waals surface area contributed by atoms with E-state index in [1.54, 1.807) is 0 Å². The van der Waals surface area contributed by atoms with Crippen LogP contribution >= 0.6 is 11.3 Å². The topological polar surface area (TPSA) is 28.2 Å². The van der Waals surface area contributed by atoms with Gasteiger partial charge in [0.15, 0.2) is 0 Å². The van der Waals surface area contributed by atoms with Crippen LogP contribution in [0.1, 0.15) is 43.8 Å². The average molecular weight is 279 g/mol. The van der Waals surface area contributed by atoms with E-state index in [9.17, 15) is 0 Å². The predicted molar refractivity (Wildman–Crippen MR) is 80.5 cm³/mol. The molecule has 0 spiro atoms. The predicted octanol–water partition coefficient (Wildman–Crippen LogP) is 2.70. The van der Waals surface area contributed by atoms with Crippen LogP contribution in [-0.4, -0.2) is 35.6 Å². The molecule has 2 aliphatic rings. The van der Waals surface area contributed by atoms with Crippen LogP contribution in [0.3, 0.4) is 0 Å². The quantitative estimate of drug-likeness (QED) is 0.918. The van der Waals surface area contributed by atoms with E-state index in [0.29, 0.717) is 5.92 Å². The maximum atomic E-state index is 4.80. The molecule has 4 heteroatoms. The number of hydrogen-bond donors (Lipinski definition) is 1. The lowest BCUT2D eigenvalue weighted by Gasteiger charge is -2.26. The Kier molecular flexibility index (Phi) is 3.92. The second-order valence-electron chi connectivity index (χ2n) is 6.32. The maximum Gasteiger partial charge on any atom is 0.0954 e. The van der Waals surface area contributed by atoms with Crippen LogP contribution in [-0.2, 0) is 6.54 Å². The Morgan fingerprint density at radius 1 is 1.47 bits per heavy atom. The molecule has 0 saturated carbocycles. The van der Waals surface area contributed by atoms with Crippen molar-refractivity contribution in [2.45, 2.75) is 45.7 Å². The molecular weight excluding hydrogens is 254 g/mol. The first-order valence-corrected chi connectivity index (χ1v) is 8.46. The molecule has 3 heterocycles. The van der Waals surface area contributed by atoms with Crippen LogP contribution in [0.25, 0.3) is 0 Å². The van der Waals surface area contributed by atoms with E-state index < -0.39 is 0 Å². The number of fused-ring (bicyclic) bond motifs is 1. The highest BCUT2D eigenvalue weighted by Crippen LogP contribution is 2.35. The fourth-order valence-electron chi connectivity index (χ4n) is 3.72. The van der Waals surface area contributed by atoms with E-state index in [2.05, 4.69) is 36.4 Å². The highest BCUT2D eigenvalue weighted by molar-refractivity contribution is 7.09. The summed E-state index contributed by atoms with van der Waals surface area (Å²) in [6, 6.07) is 0.754. The van der Waals surface area contributed by atoms with Crippen molar-refractivity contribution in [3.63, 3.8) is 0 Å². The van der Waals surface area contributed by atoms with Crippen LogP contribution in [0, 0.1) is 11.8 Å². The first-order valence-electron chi connectivity index (χ1n) is 7.58. The molecule has 0 amide bonds. The fourth-order valence-corrected chi connectivity index (χ4v) is 4.55. The molecule has 1 aromatic heterocycles. The number of nitrogens with zero attached hydrogens (tertiary/aromatic N) is 2. The van der Waals surface area contributed by atoms with Crippen molar-refractivity contribution in [3.8, 4) is 0 Å². The van der Waals surface area contributed by atoms with Gasteiger partial charge in [-0.1, -0.05) is 20.8 Å². The second-order valence-corrected chi connectivity index (χ2v) is 7.21. The summed E-state index contributed by atoms with van der Waals surface area (Å²) < 4.78 is 0. The molecule has 2 saturated heterocycles. The van der Waals surface area contributed by atoms with E-state index in [-0.39, 0.29) is 0 Å². The zero-order chi connectivity index (χ0) is 13.4. The summed E-state index contributed by atoms with van der Waals surface area (Å²) >= 11 is 1.82. The second kappa shape index (κ2) is 5.51. The minimum atomic E-state index is 0.558. The standard InChI is InChI=1S/C15H25N3S/c1-4-14-13-6-16-5-11(13)7-18(14)8-12-9-19-15(17-12)10(2)3/h9-11,13-14,16H,4-8H2,1-3H3. The third kappa shape index (κ3) is 2.58. The molecule has 0 bridgehead atoms. The van der Waals surface area contributed by atoms with Gasteiger partial charge in [-0.3, -0.25) is 4.90 Å². The highest BCUT2D eigenvalue weighted by atomic mass is 32.1. The molecule has 2 aliphatic heterocycles. The van der Waals surface area contributed by atoms with Gasteiger partial charge in [0.2, 0.25) is 0 Å². The molecule has 1 aromatic rings. The van der Waals surface area contributed by atoms with Crippen molar-refractivity contribution in [3.05, 3.63) is 16.1 Å². The zero-order valence-electron chi connectivity index (χ0n) is 12.2. The Balaban J connectivity index is 1.68. The van der Waals surface area contributed by atoms with Crippen LogP contribution in [0.4, 0.5) is 0 Å². The average Bonchev–Trinajstić information content (AvgIpc) is 3.04. The summed E-state index contributed by atoms with van der Waals surface area (Å²) in [5, 5.41) is 7.09. The summed E-state index contributed by atoms with van der Waals surface area (Å²) in [4.78, 5) is 7.47.